The number of fused-ring (bicyclic) bond motifs is 1. The third kappa shape index (κ3) is 3.36. The van der Waals surface area contributed by atoms with E-state index in [1.807, 2.05) is 0 Å². The number of hydrogen-bond donors (Lipinski definition) is 1. The first-order valence-electron chi connectivity index (χ1n) is 8.98. The molecule has 1 saturated carbocycles. The van der Waals surface area contributed by atoms with E-state index in [2.05, 4.69) is 18.8 Å². The van der Waals surface area contributed by atoms with Crippen molar-refractivity contribution >= 4 is 0 Å². The molecule has 0 bridgehead atoms. The number of rotatable bonds is 2. The minimum absolute atomic E-state index is 0.0764. The lowest BCUT2D eigenvalue weighted by Gasteiger charge is -2.25. The van der Waals surface area contributed by atoms with Gasteiger partial charge in [0.15, 0.2) is 11.5 Å². The van der Waals surface area contributed by atoms with E-state index in [9.17, 15) is 13.9 Å². The van der Waals surface area contributed by atoms with E-state index in [4.69, 9.17) is 4.74 Å². The Morgan fingerprint density at radius 2 is 1.92 bits per heavy atom. The number of phenolic OH excluding ortho intramolecular Hbond substituents is 1. The van der Waals surface area contributed by atoms with Crippen LogP contribution < -0.4 is 4.74 Å². The molecule has 0 radical (unpaired) electrons. The SMILES string of the molecule is CCCC1CCC(C#Cc2c(O)c(F)c(F)c3c2CCCO3)CC1. The molecule has 1 aliphatic heterocycles. The molecular formula is C20H24F2O2. The van der Waals surface area contributed by atoms with Gasteiger partial charge in [0.25, 0.3) is 0 Å². The van der Waals surface area contributed by atoms with Crippen LogP contribution >= 0.6 is 0 Å². The zero-order valence-electron chi connectivity index (χ0n) is 14.1. The molecule has 1 aliphatic carbocycles. The van der Waals surface area contributed by atoms with E-state index >= 15 is 0 Å². The number of ether oxygens (including phenoxy) is 1. The van der Waals surface area contributed by atoms with E-state index in [1.165, 1.54) is 25.7 Å². The van der Waals surface area contributed by atoms with Crippen molar-refractivity contribution in [2.24, 2.45) is 11.8 Å². The fourth-order valence-electron chi connectivity index (χ4n) is 3.83. The second-order valence-corrected chi connectivity index (χ2v) is 6.89. The van der Waals surface area contributed by atoms with Gasteiger partial charge in [-0.1, -0.05) is 31.6 Å². The van der Waals surface area contributed by atoms with Crippen LogP contribution in [0.15, 0.2) is 0 Å². The topological polar surface area (TPSA) is 29.5 Å². The maximum absolute atomic E-state index is 13.9. The summed E-state index contributed by atoms with van der Waals surface area (Å²) in [5.74, 6) is 4.07. The molecule has 0 aromatic heterocycles. The number of aromatic hydroxyl groups is 1. The van der Waals surface area contributed by atoms with E-state index in [0.717, 1.165) is 18.8 Å². The molecule has 2 nitrogen and oxygen atoms in total. The zero-order chi connectivity index (χ0) is 17.1. The molecule has 2 aliphatic rings. The average molecular weight is 334 g/mol. The summed E-state index contributed by atoms with van der Waals surface area (Å²) in [4.78, 5) is 0. The molecule has 4 heteroatoms. The van der Waals surface area contributed by atoms with E-state index in [1.54, 1.807) is 0 Å². The van der Waals surface area contributed by atoms with Crippen molar-refractivity contribution in [2.75, 3.05) is 6.61 Å². The van der Waals surface area contributed by atoms with Crippen LogP contribution in [-0.2, 0) is 6.42 Å². The molecule has 3 rings (SSSR count). The minimum atomic E-state index is -1.26. The summed E-state index contributed by atoms with van der Waals surface area (Å²) >= 11 is 0. The predicted octanol–water partition coefficient (Wildman–Crippen LogP) is 4.95. The van der Waals surface area contributed by atoms with Gasteiger partial charge in [0.05, 0.1) is 12.2 Å². The Hall–Kier alpha value is -1.76. The molecule has 0 unspecified atom stereocenters. The van der Waals surface area contributed by atoms with E-state index < -0.39 is 17.4 Å². The van der Waals surface area contributed by atoms with Crippen molar-refractivity contribution in [1.82, 2.24) is 0 Å². The van der Waals surface area contributed by atoms with Gasteiger partial charge >= 0.3 is 0 Å². The van der Waals surface area contributed by atoms with Gasteiger partial charge < -0.3 is 9.84 Å². The van der Waals surface area contributed by atoms with E-state index in [0.29, 0.717) is 25.0 Å². The van der Waals surface area contributed by atoms with Gasteiger partial charge in [-0.2, -0.15) is 8.78 Å². The monoisotopic (exact) mass is 334 g/mol. The highest BCUT2D eigenvalue weighted by atomic mass is 19.2. The van der Waals surface area contributed by atoms with Crippen LogP contribution in [0.1, 0.15) is 63.0 Å². The van der Waals surface area contributed by atoms with Crippen molar-refractivity contribution in [3.05, 3.63) is 22.8 Å². The molecule has 130 valence electrons. The fraction of sp³-hybridized carbons (Fsp3) is 0.600. The van der Waals surface area contributed by atoms with Crippen molar-refractivity contribution in [1.29, 1.82) is 0 Å². The second kappa shape index (κ2) is 7.42. The Bertz CT molecular complexity index is 665. The Balaban J connectivity index is 1.83. The summed E-state index contributed by atoms with van der Waals surface area (Å²) in [6, 6.07) is 0. The number of benzene rings is 1. The van der Waals surface area contributed by atoms with Crippen molar-refractivity contribution in [3.8, 4) is 23.3 Å². The molecule has 1 N–H and O–H groups in total. The molecule has 0 spiro atoms. The Morgan fingerprint density at radius 3 is 2.62 bits per heavy atom. The van der Waals surface area contributed by atoms with Crippen molar-refractivity contribution < 1.29 is 18.6 Å². The second-order valence-electron chi connectivity index (χ2n) is 6.89. The van der Waals surface area contributed by atoms with Crippen molar-refractivity contribution in [2.45, 2.75) is 58.3 Å². The van der Waals surface area contributed by atoms with Crippen LogP contribution in [0.25, 0.3) is 0 Å². The number of halogens is 2. The molecule has 0 amide bonds. The molecule has 1 fully saturated rings. The fourth-order valence-corrected chi connectivity index (χ4v) is 3.83. The predicted molar refractivity (Wildman–Crippen MR) is 89.1 cm³/mol. The molecule has 1 heterocycles. The van der Waals surface area contributed by atoms with Crippen LogP contribution in [0.4, 0.5) is 8.78 Å². The first-order valence-corrected chi connectivity index (χ1v) is 8.98. The lowest BCUT2D eigenvalue weighted by atomic mass is 9.80. The standard InChI is InChI=1S/C20H24F2O2/c1-2-4-13-6-8-14(9-7-13)10-11-15-16-5-3-12-24-20(16)18(22)17(21)19(15)23/h13-14,23H,2-9,12H2,1H3. The Morgan fingerprint density at radius 1 is 1.17 bits per heavy atom. The molecular weight excluding hydrogens is 310 g/mol. The summed E-state index contributed by atoms with van der Waals surface area (Å²) in [6.45, 7) is 2.57. The largest absolute Gasteiger partial charge is 0.504 e. The summed E-state index contributed by atoms with van der Waals surface area (Å²) in [5.41, 5.74) is 0.712. The Labute approximate surface area is 142 Å². The molecule has 1 aromatic rings. The van der Waals surface area contributed by atoms with Gasteiger partial charge in [-0.05, 0) is 44.4 Å². The van der Waals surface area contributed by atoms with E-state index in [-0.39, 0.29) is 17.2 Å². The summed E-state index contributed by atoms with van der Waals surface area (Å²) in [7, 11) is 0. The molecule has 0 saturated heterocycles. The van der Waals surface area contributed by atoms with Gasteiger partial charge in [-0.3, -0.25) is 0 Å². The highest BCUT2D eigenvalue weighted by Gasteiger charge is 2.27. The quantitative estimate of drug-likeness (QED) is 0.775. The molecule has 0 atom stereocenters. The highest BCUT2D eigenvalue weighted by Crippen LogP contribution is 2.38. The molecule has 1 aromatic carbocycles. The number of hydrogen-bond acceptors (Lipinski definition) is 2. The smallest absolute Gasteiger partial charge is 0.205 e. The Kier molecular flexibility index (Phi) is 5.28. The third-order valence-electron chi connectivity index (χ3n) is 5.18. The van der Waals surface area contributed by atoms with Gasteiger partial charge in [-0.25, -0.2) is 0 Å². The summed E-state index contributed by atoms with van der Waals surface area (Å²) < 4.78 is 33.1. The van der Waals surface area contributed by atoms with Gasteiger partial charge in [0.1, 0.15) is 0 Å². The van der Waals surface area contributed by atoms with Crippen LogP contribution in [-0.4, -0.2) is 11.7 Å². The molecule has 24 heavy (non-hydrogen) atoms. The normalized spacial score (nSPS) is 23.0. The number of phenols is 1. The summed E-state index contributed by atoms with van der Waals surface area (Å²) in [6.07, 6.45) is 8.20. The van der Waals surface area contributed by atoms with Gasteiger partial charge in [-0.15, -0.1) is 0 Å². The van der Waals surface area contributed by atoms with Crippen LogP contribution in [0.3, 0.4) is 0 Å². The maximum atomic E-state index is 13.9. The highest BCUT2D eigenvalue weighted by molar-refractivity contribution is 5.58. The van der Waals surface area contributed by atoms with Gasteiger partial charge in [0.2, 0.25) is 11.6 Å². The average Bonchev–Trinajstić information content (AvgIpc) is 2.61. The lowest BCUT2D eigenvalue weighted by Crippen LogP contribution is -2.14. The minimum Gasteiger partial charge on any atom is -0.504 e. The lowest BCUT2D eigenvalue weighted by molar-refractivity contribution is 0.264. The summed E-state index contributed by atoms with van der Waals surface area (Å²) in [5, 5.41) is 10.0. The maximum Gasteiger partial charge on any atom is 0.205 e. The van der Waals surface area contributed by atoms with Crippen LogP contribution in [0, 0.1) is 35.3 Å². The van der Waals surface area contributed by atoms with Crippen LogP contribution in [0.5, 0.6) is 11.5 Å². The first kappa shape index (κ1) is 17.1. The van der Waals surface area contributed by atoms with Crippen molar-refractivity contribution in [3.63, 3.8) is 0 Å². The third-order valence-corrected chi connectivity index (χ3v) is 5.18. The first-order chi connectivity index (χ1) is 11.6. The van der Waals surface area contributed by atoms with Crippen LogP contribution in [0.2, 0.25) is 0 Å². The van der Waals surface area contributed by atoms with Gasteiger partial charge in [0, 0.05) is 11.5 Å². The zero-order valence-corrected chi connectivity index (χ0v) is 14.1.